The highest BCUT2D eigenvalue weighted by atomic mass is 19.1. The first kappa shape index (κ1) is 118. The lowest BCUT2D eigenvalue weighted by molar-refractivity contribution is -0.0705. The maximum atomic E-state index is 13.6. The Balaban J connectivity index is 0.000000199. The molecule has 29 heteroatoms. The molecule has 7 saturated heterocycles. The molecule has 8 N–H and O–H groups in total. The number of hydrogen-bond donors (Lipinski definition) is 8. The second kappa shape index (κ2) is 62.8. The van der Waals surface area contributed by atoms with Gasteiger partial charge in [0.2, 0.25) is 41.2 Å². The summed E-state index contributed by atoms with van der Waals surface area (Å²) in [4.78, 5) is 51.1. The minimum Gasteiger partial charge on any atom is -0.506 e. The van der Waals surface area contributed by atoms with Crippen LogP contribution < -0.4 is 59.8 Å². The highest BCUT2D eigenvalue weighted by Crippen LogP contribution is 2.28. The van der Waals surface area contributed by atoms with Crippen molar-refractivity contribution in [3.63, 3.8) is 0 Å². The van der Waals surface area contributed by atoms with Crippen LogP contribution in [0.5, 0.6) is 46.9 Å². The zero-order chi connectivity index (χ0) is 103. The molecule has 8 aromatic rings. The zero-order valence-corrected chi connectivity index (χ0v) is 90.6. The summed E-state index contributed by atoms with van der Waals surface area (Å²) in [6.07, 6.45) is 9.52. The normalized spacial score (nSPS) is 19.8. The van der Waals surface area contributed by atoms with Crippen LogP contribution in [0.1, 0.15) is 208 Å². The van der Waals surface area contributed by atoms with Crippen LogP contribution in [0.4, 0.5) is 4.39 Å². The third kappa shape index (κ3) is 50.2. The number of ether oxygens (including phenoxy) is 6. The number of hydroxylamine groups is 2. The molecule has 7 atom stereocenters. The molecular weight excluding hydrogens is 1790 g/mol. The van der Waals surface area contributed by atoms with Gasteiger partial charge in [0.05, 0.1) is 30.0 Å². The number of aromatic nitrogens is 8. The first-order valence-corrected chi connectivity index (χ1v) is 52.7. The number of rotatable bonds is 33. The summed E-state index contributed by atoms with van der Waals surface area (Å²) in [6, 6.07) is 45.4. The van der Waals surface area contributed by atoms with Gasteiger partial charge >= 0.3 is 0 Å². The Morgan fingerprint density at radius 2 is 0.768 bits per heavy atom. The molecule has 0 radical (unpaired) electrons. The molecule has 28 nitrogen and oxygen atoms in total. The Bertz CT molecular complexity index is 4750. The first-order valence-electron chi connectivity index (χ1n) is 52.7. The van der Waals surface area contributed by atoms with Gasteiger partial charge in [-0.15, -0.1) is 5.06 Å². The second-order valence-electron chi connectivity index (χ2n) is 44.4. The molecule has 7 aliphatic heterocycles. The highest BCUT2D eigenvalue weighted by molar-refractivity contribution is 5.27. The summed E-state index contributed by atoms with van der Waals surface area (Å²) < 4.78 is 48.1. The number of aryl methyl sites for hydroxylation is 1. The largest absolute Gasteiger partial charge is 0.506 e. The van der Waals surface area contributed by atoms with Crippen LogP contribution in [0.15, 0.2) is 140 Å². The van der Waals surface area contributed by atoms with Crippen molar-refractivity contribution >= 4 is 0 Å². The van der Waals surface area contributed by atoms with E-state index < -0.39 is 6.17 Å². The van der Waals surface area contributed by atoms with Crippen LogP contribution in [0.25, 0.3) is 0 Å². The van der Waals surface area contributed by atoms with Gasteiger partial charge in [0.1, 0.15) is 50.6 Å². The van der Waals surface area contributed by atoms with Crippen molar-refractivity contribution < 1.29 is 53.0 Å². The van der Waals surface area contributed by atoms with E-state index in [0.717, 1.165) is 265 Å². The van der Waals surface area contributed by atoms with E-state index in [1.54, 1.807) is 12.1 Å². The summed E-state index contributed by atoms with van der Waals surface area (Å²) in [5, 5.41) is 46.9. The monoisotopic (exact) mass is 1970 g/mol. The molecule has 0 saturated carbocycles. The standard InChI is InChI=1S/C17H29N3O.C16H27N3O.C15H24N2O2.C14H21FN2O.C14H23N3O.C14H22N2O2.C13H20N2O.C10H15NO/c1-17(2,3)14-15-6-5-7-16(18-15)21-13-12-20-10-8-19(4)9-11-20;1-16(2,3)13-14-5-4-6-15(18-14)20-12-11-19-9-7-17-8-10-19;1-11(2)9-12-5-4-6-15(16-12)19-10-13-14(18)7-8-17(13)3;1-10(2)8-11-4-3-5-14(17-11)18-13-6-7-16-9-12(13)15;1-14(2,3)11-12-5-4-6-13(16-12)18-17-9-7-15-8-10-17;1-10(2)8-11-4-3-5-14(16-11)18-9-12-13(17)6-7-15-12;1-10(2)8-11-4-3-5-13(15-11)16-12-6-7-14-9-12;1-7(2)6-9-4-5-10(12)8(3)11-9/h5-7H,8-14H2,1-4H3;4-6,17H,7-13H2,1-3H3;4-6,11,13-14,18H,7-10H2,1-3H3;3-5,10,12-13,16H,6-9H2,1-2H3;4-6,15H,7-11H2,1-3H3;3-5,10,12-13,15,17H,6-9H2,1-2H3;3-5,10,12,14H,6-9H2,1-2H3;4-5,7,12H,6H2,1-3H3. The number of pyridine rings is 8. The number of aliphatic hydroxyl groups is 2. The van der Waals surface area contributed by atoms with E-state index >= 15 is 0 Å². The van der Waals surface area contributed by atoms with Crippen LogP contribution in [0, 0.1) is 52.8 Å². The third-order valence-electron chi connectivity index (χ3n) is 24.1. The molecule has 7 fully saturated rings. The molecule has 790 valence electrons. The molecule has 0 spiro atoms. The number of likely N-dealkylation sites (tertiary alicyclic amines) is 1. The number of nitrogens with one attached hydrogen (secondary N) is 5. The van der Waals surface area contributed by atoms with E-state index in [-0.39, 0.29) is 52.4 Å². The van der Waals surface area contributed by atoms with Crippen molar-refractivity contribution in [1.29, 1.82) is 0 Å². The Morgan fingerprint density at radius 3 is 1.18 bits per heavy atom. The van der Waals surface area contributed by atoms with Gasteiger partial charge in [-0.05, 0) is 218 Å². The van der Waals surface area contributed by atoms with E-state index in [1.165, 1.54) is 0 Å². The topological polar surface area (TPSA) is 305 Å². The number of aliphatic hydroxyl groups excluding tert-OH is 2. The average Bonchev–Trinajstić information content (AvgIpc) is 1.71. The molecule has 7 aliphatic rings. The van der Waals surface area contributed by atoms with Crippen molar-refractivity contribution in [1.82, 2.24) is 91.1 Å². The summed E-state index contributed by atoms with van der Waals surface area (Å²) >= 11 is 0. The fraction of sp³-hybridized carbons (Fsp3) is 0.646. The molecule has 0 bridgehead atoms. The summed E-state index contributed by atoms with van der Waals surface area (Å²) in [5.74, 6) is 8.10. The van der Waals surface area contributed by atoms with Gasteiger partial charge in [0.15, 0.2) is 0 Å². The smallest absolute Gasteiger partial charge is 0.238 e. The number of alkyl halides is 1. The Hall–Kier alpha value is -8.95. The van der Waals surface area contributed by atoms with Gasteiger partial charge in [0.25, 0.3) is 0 Å². The average molecular weight is 1970 g/mol. The lowest BCUT2D eigenvalue weighted by atomic mass is 9.90. The van der Waals surface area contributed by atoms with Gasteiger partial charge in [-0.2, -0.15) is 0 Å². The predicted molar refractivity (Wildman–Crippen MR) is 571 cm³/mol. The van der Waals surface area contributed by atoms with Crippen LogP contribution in [0.3, 0.4) is 0 Å². The van der Waals surface area contributed by atoms with Crippen molar-refractivity contribution in [3.05, 3.63) is 191 Å². The van der Waals surface area contributed by atoms with E-state index in [4.69, 9.17) is 33.3 Å². The number of piperazine rings is 3. The number of piperidine rings is 1. The van der Waals surface area contributed by atoms with Crippen molar-refractivity contribution in [2.24, 2.45) is 45.8 Å². The highest BCUT2D eigenvalue weighted by Gasteiger charge is 2.32. The molecule has 7 unspecified atom stereocenters. The van der Waals surface area contributed by atoms with Gasteiger partial charge in [0, 0.05) is 199 Å². The fourth-order valence-corrected chi connectivity index (χ4v) is 16.8. The van der Waals surface area contributed by atoms with E-state index in [2.05, 4.69) is 249 Å². The van der Waals surface area contributed by atoms with Crippen LogP contribution in [-0.2, 0) is 51.4 Å². The summed E-state index contributed by atoms with van der Waals surface area (Å²) in [7, 11) is 4.20. The number of halogens is 1. The number of aromatic hydroxyl groups is 1. The van der Waals surface area contributed by atoms with Crippen LogP contribution in [-0.4, -0.2) is 294 Å². The fourth-order valence-electron chi connectivity index (χ4n) is 16.8. The molecule has 15 heterocycles. The third-order valence-corrected chi connectivity index (χ3v) is 24.1. The van der Waals surface area contributed by atoms with Crippen LogP contribution >= 0.6 is 0 Å². The quantitative estimate of drug-likeness (QED) is 0.0189. The van der Waals surface area contributed by atoms with E-state index in [0.29, 0.717) is 97.7 Å². The van der Waals surface area contributed by atoms with Crippen molar-refractivity contribution in [2.45, 2.75) is 258 Å². The van der Waals surface area contributed by atoms with E-state index in [9.17, 15) is 19.7 Å². The lowest BCUT2D eigenvalue weighted by Crippen LogP contribution is -2.45. The van der Waals surface area contributed by atoms with Gasteiger partial charge in [-0.3, -0.25) is 19.7 Å². The van der Waals surface area contributed by atoms with Crippen molar-refractivity contribution in [3.8, 4) is 46.9 Å². The van der Waals surface area contributed by atoms with Crippen molar-refractivity contribution in [2.75, 3.05) is 171 Å². The molecule has 8 aromatic heterocycles. The minimum atomic E-state index is -0.950. The minimum absolute atomic E-state index is 0.0283. The number of hydrogen-bond acceptors (Lipinski definition) is 28. The van der Waals surface area contributed by atoms with Gasteiger partial charge < -0.3 is 80.1 Å². The molecule has 15 rings (SSSR count). The summed E-state index contributed by atoms with van der Waals surface area (Å²) in [5.41, 5.74) is 10.1. The second-order valence-corrected chi connectivity index (χ2v) is 44.4. The number of likely N-dealkylation sites (N-methyl/N-ethyl adjacent to an activating group) is 2. The molecule has 0 amide bonds. The van der Waals surface area contributed by atoms with Gasteiger partial charge in [-0.1, -0.05) is 174 Å². The molecule has 0 aromatic carbocycles. The Morgan fingerprint density at radius 1 is 0.380 bits per heavy atom. The SMILES string of the molecule is CC(C)(C)Cc1cccc(OCCN2CCNCC2)n1.CC(C)(C)Cc1cccc(ON2CCNCC2)n1.CC(C)Cc1cccc(OC2CCNC2)n1.CC(C)Cc1cccc(OC2CCNCC2F)n1.CC(C)Cc1cccc(OCC2C(O)CCN2C)n1.CC(C)Cc1cccc(OCC2NCCC2O)n1.CN1CCN(CCOc2cccc(CC(C)(C)C)n2)CC1.Cc1nc(CC(C)C)ccc1O. The van der Waals surface area contributed by atoms with E-state index in [1.807, 2.05) is 122 Å². The number of nitrogens with zero attached hydrogens (tertiary/aromatic N) is 13. The lowest BCUT2D eigenvalue weighted by Gasteiger charge is -2.32. The summed E-state index contributed by atoms with van der Waals surface area (Å²) in [6.45, 7) is 65.6. The molecular formula is C113H181FN18O10. The first-order chi connectivity index (χ1) is 67.7. The molecule has 142 heavy (non-hydrogen) atoms. The Kier molecular flexibility index (Phi) is 52.3. The maximum absolute atomic E-state index is 13.6. The van der Waals surface area contributed by atoms with Gasteiger partial charge in [-0.25, -0.2) is 39.3 Å². The zero-order valence-electron chi connectivity index (χ0n) is 90.6. The Labute approximate surface area is 852 Å². The molecule has 0 aliphatic carbocycles. The maximum Gasteiger partial charge on any atom is 0.238 e. The predicted octanol–water partition coefficient (Wildman–Crippen LogP) is 15.9. The van der Waals surface area contributed by atoms with Crippen LogP contribution in [0.2, 0.25) is 0 Å².